The SMILES string of the molecule is CN(C)CC(NC(=O)/C=C/c1cccc(F)c1)c1ccccc1. The van der Waals surface area contributed by atoms with E-state index in [-0.39, 0.29) is 17.8 Å². The van der Waals surface area contributed by atoms with E-state index in [4.69, 9.17) is 0 Å². The minimum absolute atomic E-state index is 0.101. The first-order valence-electron chi connectivity index (χ1n) is 7.48. The fraction of sp³-hybridized carbons (Fsp3) is 0.211. The summed E-state index contributed by atoms with van der Waals surface area (Å²) in [7, 11) is 3.93. The Morgan fingerprint density at radius 1 is 1.17 bits per heavy atom. The summed E-state index contributed by atoms with van der Waals surface area (Å²) >= 11 is 0. The maximum Gasteiger partial charge on any atom is 0.244 e. The van der Waals surface area contributed by atoms with Crippen molar-refractivity contribution >= 4 is 12.0 Å². The number of halogens is 1. The van der Waals surface area contributed by atoms with Crippen molar-refractivity contribution in [2.45, 2.75) is 6.04 Å². The molecule has 120 valence electrons. The van der Waals surface area contributed by atoms with Crippen molar-refractivity contribution in [2.24, 2.45) is 0 Å². The first kappa shape index (κ1) is 16.9. The summed E-state index contributed by atoms with van der Waals surface area (Å²) in [5.74, 6) is -0.521. The molecule has 2 aromatic carbocycles. The van der Waals surface area contributed by atoms with Crippen LogP contribution < -0.4 is 5.32 Å². The lowest BCUT2D eigenvalue weighted by Crippen LogP contribution is -2.34. The zero-order valence-corrected chi connectivity index (χ0v) is 13.4. The Labute approximate surface area is 136 Å². The average molecular weight is 312 g/mol. The van der Waals surface area contributed by atoms with E-state index >= 15 is 0 Å². The summed E-state index contributed by atoms with van der Waals surface area (Å²) in [4.78, 5) is 14.2. The van der Waals surface area contributed by atoms with Gasteiger partial charge in [0, 0.05) is 12.6 Å². The zero-order valence-electron chi connectivity index (χ0n) is 13.4. The second-order valence-electron chi connectivity index (χ2n) is 5.62. The molecule has 1 atom stereocenters. The minimum Gasteiger partial charge on any atom is -0.344 e. The molecule has 23 heavy (non-hydrogen) atoms. The molecular formula is C19H21FN2O. The number of amides is 1. The number of hydrogen-bond acceptors (Lipinski definition) is 2. The Kier molecular flexibility index (Phi) is 6.06. The van der Waals surface area contributed by atoms with Gasteiger partial charge >= 0.3 is 0 Å². The van der Waals surface area contributed by atoms with E-state index in [0.717, 1.165) is 5.56 Å². The Balaban J connectivity index is 2.05. The normalized spacial score (nSPS) is 12.5. The molecule has 2 rings (SSSR count). The summed E-state index contributed by atoms with van der Waals surface area (Å²) in [6.45, 7) is 0.698. The van der Waals surface area contributed by atoms with Crippen LogP contribution in [0.2, 0.25) is 0 Å². The van der Waals surface area contributed by atoms with Gasteiger partial charge in [0.2, 0.25) is 5.91 Å². The number of likely N-dealkylation sites (N-methyl/N-ethyl adjacent to an activating group) is 1. The largest absolute Gasteiger partial charge is 0.344 e. The van der Waals surface area contributed by atoms with Crippen molar-refractivity contribution < 1.29 is 9.18 Å². The molecule has 0 saturated carbocycles. The van der Waals surface area contributed by atoms with E-state index in [2.05, 4.69) is 5.32 Å². The summed E-state index contributed by atoms with van der Waals surface area (Å²) in [5.41, 5.74) is 1.71. The molecule has 0 aromatic heterocycles. The predicted molar refractivity (Wildman–Crippen MR) is 91.3 cm³/mol. The highest BCUT2D eigenvalue weighted by atomic mass is 19.1. The van der Waals surface area contributed by atoms with Gasteiger partial charge in [0.05, 0.1) is 6.04 Å². The van der Waals surface area contributed by atoms with Gasteiger partial charge in [-0.3, -0.25) is 4.79 Å². The van der Waals surface area contributed by atoms with Crippen LogP contribution in [0.15, 0.2) is 60.7 Å². The molecule has 4 heteroatoms. The average Bonchev–Trinajstić information content (AvgIpc) is 2.53. The molecule has 0 bridgehead atoms. The zero-order chi connectivity index (χ0) is 16.7. The van der Waals surface area contributed by atoms with Crippen LogP contribution in [-0.4, -0.2) is 31.4 Å². The van der Waals surface area contributed by atoms with Crippen LogP contribution in [0.5, 0.6) is 0 Å². The molecule has 1 unspecified atom stereocenters. The maximum absolute atomic E-state index is 13.1. The third kappa shape index (κ3) is 5.68. The third-order valence-electron chi connectivity index (χ3n) is 3.34. The molecule has 0 radical (unpaired) electrons. The molecule has 0 spiro atoms. The van der Waals surface area contributed by atoms with Gasteiger partial charge in [-0.05, 0) is 43.4 Å². The third-order valence-corrected chi connectivity index (χ3v) is 3.34. The van der Waals surface area contributed by atoms with Gasteiger partial charge < -0.3 is 10.2 Å². The van der Waals surface area contributed by atoms with E-state index in [1.807, 2.05) is 49.3 Å². The highest BCUT2D eigenvalue weighted by molar-refractivity contribution is 5.92. The van der Waals surface area contributed by atoms with Crippen LogP contribution >= 0.6 is 0 Å². The fourth-order valence-corrected chi connectivity index (χ4v) is 2.29. The molecule has 0 aliphatic carbocycles. The minimum atomic E-state index is -0.317. The monoisotopic (exact) mass is 312 g/mol. The molecule has 2 aromatic rings. The van der Waals surface area contributed by atoms with Crippen LogP contribution in [0, 0.1) is 5.82 Å². The number of rotatable bonds is 6. The van der Waals surface area contributed by atoms with Crippen molar-refractivity contribution in [1.29, 1.82) is 0 Å². The van der Waals surface area contributed by atoms with Crippen LogP contribution in [0.1, 0.15) is 17.2 Å². The maximum atomic E-state index is 13.1. The number of nitrogens with one attached hydrogen (secondary N) is 1. The van der Waals surface area contributed by atoms with Gasteiger partial charge in [-0.25, -0.2) is 4.39 Å². The Morgan fingerprint density at radius 3 is 2.57 bits per heavy atom. The van der Waals surface area contributed by atoms with Crippen LogP contribution in [0.25, 0.3) is 6.08 Å². The van der Waals surface area contributed by atoms with Crippen molar-refractivity contribution in [2.75, 3.05) is 20.6 Å². The van der Waals surface area contributed by atoms with Gasteiger partial charge in [-0.1, -0.05) is 42.5 Å². The molecule has 0 heterocycles. The van der Waals surface area contributed by atoms with E-state index in [0.29, 0.717) is 12.1 Å². The molecular weight excluding hydrogens is 291 g/mol. The topological polar surface area (TPSA) is 32.3 Å². The Bertz CT molecular complexity index is 668. The van der Waals surface area contributed by atoms with Crippen molar-refractivity contribution in [3.8, 4) is 0 Å². The molecule has 0 saturated heterocycles. The lowest BCUT2D eigenvalue weighted by molar-refractivity contribution is -0.117. The highest BCUT2D eigenvalue weighted by Gasteiger charge is 2.13. The second-order valence-corrected chi connectivity index (χ2v) is 5.62. The van der Waals surface area contributed by atoms with E-state index in [1.165, 1.54) is 18.2 Å². The quantitative estimate of drug-likeness (QED) is 0.830. The molecule has 0 aliphatic rings. The van der Waals surface area contributed by atoms with Gasteiger partial charge in [0.25, 0.3) is 0 Å². The van der Waals surface area contributed by atoms with Crippen molar-refractivity contribution in [3.05, 3.63) is 77.6 Å². The lowest BCUT2D eigenvalue weighted by atomic mass is 10.1. The number of carbonyl (C=O) groups excluding carboxylic acids is 1. The van der Waals surface area contributed by atoms with E-state index in [1.54, 1.807) is 18.2 Å². The molecule has 1 amide bonds. The summed E-state index contributed by atoms with van der Waals surface area (Å²) in [6, 6.07) is 15.9. The van der Waals surface area contributed by atoms with E-state index < -0.39 is 0 Å². The van der Waals surface area contributed by atoms with Gasteiger partial charge in [-0.2, -0.15) is 0 Å². The van der Waals surface area contributed by atoms with Gasteiger partial charge in [0.15, 0.2) is 0 Å². The van der Waals surface area contributed by atoms with Gasteiger partial charge in [0.1, 0.15) is 5.82 Å². The molecule has 0 fully saturated rings. The van der Waals surface area contributed by atoms with Crippen LogP contribution in [0.3, 0.4) is 0 Å². The van der Waals surface area contributed by atoms with Gasteiger partial charge in [-0.15, -0.1) is 0 Å². The molecule has 0 aliphatic heterocycles. The van der Waals surface area contributed by atoms with E-state index in [9.17, 15) is 9.18 Å². The summed E-state index contributed by atoms with van der Waals surface area (Å²) < 4.78 is 13.1. The van der Waals surface area contributed by atoms with Crippen LogP contribution in [-0.2, 0) is 4.79 Å². The first-order valence-corrected chi connectivity index (χ1v) is 7.48. The number of nitrogens with zero attached hydrogens (tertiary/aromatic N) is 1. The highest BCUT2D eigenvalue weighted by Crippen LogP contribution is 2.13. The smallest absolute Gasteiger partial charge is 0.244 e. The predicted octanol–water partition coefficient (Wildman–Crippen LogP) is 3.26. The number of hydrogen-bond donors (Lipinski definition) is 1. The second kappa shape index (κ2) is 8.25. The first-order chi connectivity index (χ1) is 11.0. The fourth-order valence-electron chi connectivity index (χ4n) is 2.29. The summed E-state index contributed by atoms with van der Waals surface area (Å²) in [5, 5.41) is 2.99. The lowest BCUT2D eigenvalue weighted by Gasteiger charge is -2.22. The standard InChI is InChI=1S/C19H21FN2O/c1-22(2)14-18(16-8-4-3-5-9-16)21-19(23)12-11-15-7-6-10-17(20)13-15/h3-13,18H,14H2,1-2H3,(H,21,23)/b12-11+. The molecule has 3 nitrogen and oxygen atoms in total. The van der Waals surface area contributed by atoms with Crippen molar-refractivity contribution in [3.63, 3.8) is 0 Å². The summed E-state index contributed by atoms with van der Waals surface area (Å²) in [6.07, 6.45) is 3.04. The number of carbonyl (C=O) groups is 1. The van der Waals surface area contributed by atoms with Crippen molar-refractivity contribution in [1.82, 2.24) is 10.2 Å². The Hall–Kier alpha value is -2.46. The van der Waals surface area contributed by atoms with Crippen LogP contribution in [0.4, 0.5) is 4.39 Å². The Morgan fingerprint density at radius 2 is 1.91 bits per heavy atom. The molecule has 1 N–H and O–H groups in total. The number of benzene rings is 2.